The van der Waals surface area contributed by atoms with Crippen LogP contribution in [0.25, 0.3) is 10.9 Å². The number of rotatable bonds is 5. The Kier molecular flexibility index (Phi) is 4.72. The van der Waals surface area contributed by atoms with Crippen LogP contribution < -0.4 is 5.32 Å². The molecule has 0 saturated carbocycles. The van der Waals surface area contributed by atoms with E-state index in [0.29, 0.717) is 0 Å². The summed E-state index contributed by atoms with van der Waals surface area (Å²) >= 11 is 8.19. The Hall–Kier alpha value is -0.930. The lowest BCUT2D eigenvalue weighted by Crippen LogP contribution is -2.04. The molecule has 4 heteroatoms. The maximum atomic E-state index is 6.33. The number of hydrogen-bond donors (Lipinski definition) is 1. The van der Waals surface area contributed by atoms with Gasteiger partial charge >= 0.3 is 0 Å². The summed E-state index contributed by atoms with van der Waals surface area (Å²) in [5, 5.41) is 5.31. The number of aryl methyl sites for hydroxylation is 1. The number of halogens is 1. The summed E-state index contributed by atoms with van der Waals surface area (Å²) in [7, 11) is 0. The van der Waals surface area contributed by atoms with Crippen LogP contribution in [0, 0.1) is 6.92 Å². The highest BCUT2D eigenvalue weighted by molar-refractivity contribution is 7.98. The van der Waals surface area contributed by atoms with Gasteiger partial charge in [-0.25, -0.2) is 0 Å². The molecule has 0 bridgehead atoms. The van der Waals surface area contributed by atoms with Crippen LogP contribution in [-0.2, 0) is 0 Å². The molecule has 0 saturated heterocycles. The molecule has 0 unspecified atom stereocenters. The van der Waals surface area contributed by atoms with Gasteiger partial charge in [-0.15, -0.1) is 0 Å². The van der Waals surface area contributed by atoms with Gasteiger partial charge in [0.25, 0.3) is 0 Å². The summed E-state index contributed by atoms with van der Waals surface area (Å²) in [4.78, 5) is 4.42. The lowest BCUT2D eigenvalue weighted by Gasteiger charge is -2.12. The van der Waals surface area contributed by atoms with Crippen LogP contribution >= 0.6 is 23.4 Å². The summed E-state index contributed by atoms with van der Waals surface area (Å²) in [6, 6.07) is 6.00. The third-order valence-electron chi connectivity index (χ3n) is 2.86. The third-order valence-corrected chi connectivity index (χ3v) is 3.85. The van der Waals surface area contributed by atoms with Crippen molar-refractivity contribution in [1.29, 1.82) is 0 Å². The normalized spacial score (nSPS) is 10.8. The van der Waals surface area contributed by atoms with Crippen molar-refractivity contribution in [2.75, 3.05) is 23.9 Å². The number of nitrogens with one attached hydrogen (secondary N) is 1. The average Bonchev–Trinajstić information content (AvgIpc) is 2.38. The van der Waals surface area contributed by atoms with Gasteiger partial charge in [0.2, 0.25) is 0 Å². The van der Waals surface area contributed by atoms with Gasteiger partial charge in [0.05, 0.1) is 16.2 Å². The highest BCUT2D eigenvalue weighted by Gasteiger charge is 2.08. The smallest absolute Gasteiger partial charge is 0.0752 e. The van der Waals surface area contributed by atoms with E-state index in [1.54, 1.807) is 0 Å². The second-order valence-corrected chi connectivity index (χ2v) is 5.62. The number of thioether (sulfide) groups is 1. The van der Waals surface area contributed by atoms with Gasteiger partial charge in [-0.3, -0.25) is 4.98 Å². The van der Waals surface area contributed by atoms with E-state index >= 15 is 0 Å². The maximum absolute atomic E-state index is 6.33. The minimum absolute atomic E-state index is 0.775. The molecule has 0 amide bonds. The average molecular weight is 281 g/mol. The van der Waals surface area contributed by atoms with Gasteiger partial charge < -0.3 is 5.32 Å². The molecule has 0 aliphatic heterocycles. The Bertz CT molecular complexity index is 543. The molecule has 1 aromatic carbocycles. The minimum Gasteiger partial charge on any atom is -0.383 e. The Morgan fingerprint density at radius 1 is 1.44 bits per heavy atom. The van der Waals surface area contributed by atoms with Gasteiger partial charge in [0.1, 0.15) is 0 Å². The first-order valence-electron chi connectivity index (χ1n) is 6.00. The van der Waals surface area contributed by atoms with Crippen molar-refractivity contribution < 1.29 is 0 Å². The van der Waals surface area contributed by atoms with Gasteiger partial charge in [-0.05, 0) is 49.1 Å². The molecular formula is C14H17ClN2S. The van der Waals surface area contributed by atoms with Crippen LogP contribution in [0.3, 0.4) is 0 Å². The first-order chi connectivity index (χ1) is 8.74. The van der Waals surface area contributed by atoms with Crippen LogP contribution in [0.5, 0.6) is 0 Å². The number of fused-ring (bicyclic) bond motifs is 1. The second-order valence-electron chi connectivity index (χ2n) is 4.22. The van der Waals surface area contributed by atoms with E-state index in [1.165, 1.54) is 0 Å². The van der Waals surface area contributed by atoms with E-state index in [0.717, 1.165) is 45.9 Å². The zero-order valence-electron chi connectivity index (χ0n) is 10.7. The highest BCUT2D eigenvalue weighted by atomic mass is 35.5. The van der Waals surface area contributed by atoms with Crippen LogP contribution in [0.4, 0.5) is 5.69 Å². The Morgan fingerprint density at radius 2 is 2.28 bits per heavy atom. The van der Waals surface area contributed by atoms with Crippen molar-refractivity contribution in [3.8, 4) is 0 Å². The number of hydrogen-bond acceptors (Lipinski definition) is 3. The van der Waals surface area contributed by atoms with Crippen molar-refractivity contribution in [3.05, 3.63) is 35.0 Å². The molecule has 1 N–H and O–H groups in total. The number of nitrogens with zero attached hydrogens (tertiary/aromatic N) is 1. The summed E-state index contributed by atoms with van der Waals surface area (Å²) in [5.74, 6) is 1.16. The topological polar surface area (TPSA) is 24.9 Å². The third kappa shape index (κ3) is 2.90. The van der Waals surface area contributed by atoms with E-state index in [-0.39, 0.29) is 0 Å². The summed E-state index contributed by atoms with van der Waals surface area (Å²) < 4.78 is 0. The molecule has 0 spiro atoms. The molecule has 0 aliphatic rings. The molecule has 1 aromatic heterocycles. The molecule has 2 aromatic rings. The lowest BCUT2D eigenvalue weighted by molar-refractivity contribution is 0.995. The molecule has 96 valence electrons. The molecule has 0 fully saturated rings. The summed E-state index contributed by atoms with van der Waals surface area (Å²) in [6.07, 6.45) is 5.08. The standard InChI is InChI=1S/C14H17ClN2S/c1-10-9-12(15)14(17-7-4-8-18-2)11-5-3-6-16-13(10)11/h3,5-6,9,17H,4,7-8H2,1-2H3. The van der Waals surface area contributed by atoms with Gasteiger partial charge in [-0.1, -0.05) is 11.6 Å². The van der Waals surface area contributed by atoms with Gasteiger partial charge in [0, 0.05) is 18.1 Å². The molecule has 0 atom stereocenters. The van der Waals surface area contributed by atoms with E-state index < -0.39 is 0 Å². The van der Waals surface area contributed by atoms with E-state index in [9.17, 15) is 0 Å². The monoisotopic (exact) mass is 280 g/mol. The van der Waals surface area contributed by atoms with Gasteiger partial charge in [0.15, 0.2) is 0 Å². The molecule has 18 heavy (non-hydrogen) atoms. The quantitative estimate of drug-likeness (QED) is 0.824. The predicted octanol–water partition coefficient (Wildman–Crippen LogP) is 4.36. The predicted molar refractivity (Wildman–Crippen MR) is 83.0 cm³/mol. The zero-order chi connectivity index (χ0) is 13.0. The molecule has 2 rings (SSSR count). The lowest BCUT2D eigenvalue weighted by atomic mass is 10.1. The summed E-state index contributed by atoms with van der Waals surface area (Å²) in [6.45, 7) is 2.98. The zero-order valence-corrected chi connectivity index (χ0v) is 12.2. The fraction of sp³-hybridized carbons (Fsp3) is 0.357. The Balaban J connectivity index is 2.31. The Morgan fingerprint density at radius 3 is 3.06 bits per heavy atom. The van der Waals surface area contributed by atoms with E-state index in [2.05, 4.69) is 22.6 Å². The molecule has 0 aliphatic carbocycles. The van der Waals surface area contributed by atoms with Gasteiger partial charge in [-0.2, -0.15) is 11.8 Å². The van der Waals surface area contributed by atoms with Crippen molar-refractivity contribution in [1.82, 2.24) is 4.98 Å². The number of pyridine rings is 1. The number of anilines is 1. The van der Waals surface area contributed by atoms with Crippen LogP contribution in [0.2, 0.25) is 5.02 Å². The van der Waals surface area contributed by atoms with E-state index in [1.807, 2.05) is 37.0 Å². The highest BCUT2D eigenvalue weighted by Crippen LogP contribution is 2.32. The molecular weight excluding hydrogens is 264 g/mol. The first kappa shape index (κ1) is 13.5. The molecule has 1 heterocycles. The summed E-state index contributed by atoms with van der Waals surface area (Å²) in [5.41, 5.74) is 3.14. The van der Waals surface area contributed by atoms with Crippen molar-refractivity contribution in [3.63, 3.8) is 0 Å². The second kappa shape index (κ2) is 6.30. The van der Waals surface area contributed by atoms with Crippen LogP contribution in [-0.4, -0.2) is 23.5 Å². The number of aromatic nitrogens is 1. The largest absolute Gasteiger partial charge is 0.383 e. The Labute approximate surface area is 117 Å². The number of benzene rings is 1. The fourth-order valence-electron chi connectivity index (χ4n) is 1.99. The van der Waals surface area contributed by atoms with E-state index in [4.69, 9.17) is 11.6 Å². The maximum Gasteiger partial charge on any atom is 0.0752 e. The van der Waals surface area contributed by atoms with Crippen molar-refractivity contribution >= 4 is 40.0 Å². The SMILES string of the molecule is CSCCCNc1c(Cl)cc(C)c2ncccc12. The van der Waals surface area contributed by atoms with Crippen LogP contribution in [0.1, 0.15) is 12.0 Å². The fourth-order valence-corrected chi connectivity index (χ4v) is 2.76. The van der Waals surface area contributed by atoms with Crippen molar-refractivity contribution in [2.24, 2.45) is 0 Å². The molecule has 0 radical (unpaired) electrons. The minimum atomic E-state index is 0.775. The van der Waals surface area contributed by atoms with Crippen molar-refractivity contribution in [2.45, 2.75) is 13.3 Å². The first-order valence-corrected chi connectivity index (χ1v) is 7.78. The van der Waals surface area contributed by atoms with Crippen LogP contribution in [0.15, 0.2) is 24.4 Å². The molecule has 2 nitrogen and oxygen atoms in total.